The molecule has 0 bridgehead atoms. The van der Waals surface area contributed by atoms with E-state index in [4.69, 9.17) is 16.3 Å². The number of halogens is 1. The van der Waals surface area contributed by atoms with Gasteiger partial charge in [-0.1, -0.05) is 11.6 Å². The number of sulfonamides is 1. The number of amides is 1. The summed E-state index contributed by atoms with van der Waals surface area (Å²) in [6, 6.07) is 4.63. The molecule has 0 aromatic heterocycles. The van der Waals surface area contributed by atoms with Gasteiger partial charge in [0, 0.05) is 25.2 Å². The van der Waals surface area contributed by atoms with Crippen LogP contribution in [0.15, 0.2) is 23.1 Å². The minimum atomic E-state index is -3.66. The maximum Gasteiger partial charge on any atom is 0.255 e. The highest BCUT2D eigenvalue weighted by Crippen LogP contribution is 2.32. The summed E-state index contributed by atoms with van der Waals surface area (Å²) in [4.78, 5) is 14.9. The topological polar surface area (TPSA) is 66.9 Å². The number of ether oxygens (including phenoxy) is 1. The van der Waals surface area contributed by atoms with E-state index in [9.17, 15) is 13.2 Å². The van der Waals surface area contributed by atoms with Gasteiger partial charge in [0.15, 0.2) is 0 Å². The SMILES string of the molecule is CC(C)N(C(=O)c1cc(S(=O)(=O)N2CCOCC2)ccc1Cl)C1CC1. The second kappa shape index (κ2) is 7.23. The Balaban J connectivity index is 1.93. The predicted octanol–water partition coefficient (Wildman–Crippen LogP) is 2.37. The quantitative estimate of drug-likeness (QED) is 0.779. The van der Waals surface area contributed by atoms with Gasteiger partial charge in [-0.2, -0.15) is 4.31 Å². The van der Waals surface area contributed by atoms with Crippen LogP contribution in [0.4, 0.5) is 0 Å². The Labute approximate surface area is 153 Å². The minimum absolute atomic E-state index is 0.0376. The first-order valence-corrected chi connectivity index (χ1v) is 10.3. The van der Waals surface area contributed by atoms with Crippen molar-refractivity contribution < 1.29 is 17.9 Å². The molecular formula is C17H23ClN2O4S. The van der Waals surface area contributed by atoms with Crippen molar-refractivity contribution in [3.63, 3.8) is 0 Å². The second-order valence-electron chi connectivity index (χ2n) is 6.70. The number of morpholine rings is 1. The van der Waals surface area contributed by atoms with Gasteiger partial charge in [0.05, 0.1) is 28.7 Å². The molecule has 0 N–H and O–H groups in total. The number of benzene rings is 1. The van der Waals surface area contributed by atoms with E-state index in [0.717, 1.165) is 12.8 Å². The summed E-state index contributed by atoms with van der Waals surface area (Å²) in [5.74, 6) is -0.207. The van der Waals surface area contributed by atoms with Gasteiger partial charge in [-0.3, -0.25) is 4.79 Å². The second-order valence-corrected chi connectivity index (χ2v) is 9.04. The monoisotopic (exact) mass is 386 g/mol. The average Bonchev–Trinajstić information content (AvgIpc) is 3.40. The number of hydrogen-bond donors (Lipinski definition) is 0. The molecule has 1 saturated heterocycles. The summed E-state index contributed by atoms with van der Waals surface area (Å²) < 4.78 is 32.3. The van der Waals surface area contributed by atoms with Crippen LogP contribution in [0.5, 0.6) is 0 Å². The fourth-order valence-corrected chi connectivity index (χ4v) is 4.71. The van der Waals surface area contributed by atoms with Crippen LogP contribution in [-0.4, -0.2) is 61.9 Å². The normalized spacial score (nSPS) is 19.2. The third kappa shape index (κ3) is 3.84. The first-order valence-electron chi connectivity index (χ1n) is 8.52. The molecule has 1 amide bonds. The van der Waals surface area contributed by atoms with Crippen molar-refractivity contribution in [1.82, 2.24) is 9.21 Å². The molecule has 3 rings (SSSR count). The van der Waals surface area contributed by atoms with Crippen LogP contribution in [-0.2, 0) is 14.8 Å². The molecular weight excluding hydrogens is 364 g/mol. The van der Waals surface area contributed by atoms with Crippen LogP contribution in [0.25, 0.3) is 0 Å². The summed E-state index contributed by atoms with van der Waals surface area (Å²) in [5, 5.41) is 0.275. The molecule has 2 fully saturated rings. The third-order valence-corrected chi connectivity index (χ3v) is 6.73. The zero-order valence-corrected chi connectivity index (χ0v) is 16.0. The molecule has 2 aliphatic rings. The van der Waals surface area contributed by atoms with Gasteiger partial charge in [0.1, 0.15) is 0 Å². The van der Waals surface area contributed by atoms with Gasteiger partial charge < -0.3 is 9.64 Å². The largest absolute Gasteiger partial charge is 0.379 e. The van der Waals surface area contributed by atoms with Crippen LogP contribution < -0.4 is 0 Å². The van der Waals surface area contributed by atoms with Crippen molar-refractivity contribution in [2.75, 3.05) is 26.3 Å². The third-order valence-electron chi connectivity index (χ3n) is 4.51. The fraction of sp³-hybridized carbons (Fsp3) is 0.588. The maximum absolute atomic E-state index is 13.0. The Morgan fingerprint density at radius 3 is 2.48 bits per heavy atom. The number of carbonyl (C=O) groups is 1. The molecule has 138 valence electrons. The molecule has 0 radical (unpaired) electrons. The predicted molar refractivity (Wildman–Crippen MR) is 95.4 cm³/mol. The van der Waals surface area contributed by atoms with E-state index >= 15 is 0 Å². The number of nitrogens with zero attached hydrogens (tertiary/aromatic N) is 2. The Bertz CT molecular complexity index is 754. The maximum atomic E-state index is 13.0. The molecule has 1 aliphatic carbocycles. The summed E-state index contributed by atoms with van der Waals surface area (Å²) in [7, 11) is -3.66. The first-order chi connectivity index (χ1) is 11.8. The molecule has 1 saturated carbocycles. The van der Waals surface area contributed by atoms with Crippen molar-refractivity contribution in [3.05, 3.63) is 28.8 Å². The fourth-order valence-electron chi connectivity index (χ4n) is 3.08. The first kappa shape index (κ1) is 18.6. The molecule has 1 heterocycles. The standard InChI is InChI=1S/C17H23ClN2O4S/c1-12(2)20(13-3-4-13)17(21)15-11-14(5-6-16(15)18)25(22,23)19-7-9-24-10-8-19/h5-6,11-13H,3-4,7-10H2,1-2H3. The van der Waals surface area contributed by atoms with Crippen molar-refractivity contribution in [1.29, 1.82) is 0 Å². The van der Waals surface area contributed by atoms with Crippen molar-refractivity contribution >= 4 is 27.5 Å². The van der Waals surface area contributed by atoms with E-state index in [-0.39, 0.29) is 33.5 Å². The smallest absolute Gasteiger partial charge is 0.255 e. The summed E-state index contributed by atoms with van der Waals surface area (Å²) in [5.41, 5.74) is 0.247. The number of rotatable bonds is 5. The molecule has 0 atom stereocenters. The molecule has 0 spiro atoms. The molecule has 0 unspecified atom stereocenters. The Morgan fingerprint density at radius 1 is 1.28 bits per heavy atom. The molecule has 6 nitrogen and oxygen atoms in total. The van der Waals surface area contributed by atoms with E-state index < -0.39 is 10.0 Å². The van der Waals surface area contributed by atoms with Gasteiger partial charge in [-0.25, -0.2) is 8.42 Å². The van der Waals surface area contributed by atoms with Crippen LogP contribution in [0.3, 0.4) is 0 Å². The molecule has 1 aromatic carbocycles. The van der Waals surface area contributed by atoms with Crippen LogP contribution >= 0.6 is 11.6 Å². The van der Waals surface area contributed by atoms with E-state index in [1.54, 1.807) is 4.90 Å². The highest BCUT2D eigenvalue weighted by atomic mass is 35.5. The Kier molecular flexibility index (Phi) is 5.39. The average molecular weight is 387 g/mol. The van der Waals surface area contributed by atoms with E-state index in [0.29, 0.717) is 26.3 Å². The summed E-state index contributed by atoms with van der Waals surface area (Å²) in [6.07, 6.45) is 1.96. The number of hydrogen-bond acceptors (Lipinski definition) is 4. The summed E-state index contributed by atoms with van der Waals surface area (Å²) >= 11 is 6.22. The van der Waals surface area contributed by atoms with Crippen LogP contribution in [0.1, 0.15) is 37.0 Å². The lowest BCUT2D eigenvalue weighted by atomic mass is 10.1. The molecule has 25 heavy (non-hydrogen) atoms. The minimum Gasteiger partial charge on any atom is -0.379 e. The van der Waals surface area contributed by atoms with E-state index in [1.807, 2.05) is 13.8 Å². The van der Waals surface area contributed by atoms with Crippen molar-refractivity contribution in [2.24, 2.45) is 0 Å². The van der Waals surface area contributed by atoms with Crippen molar-refractivity contribution in [3.8, 4) is 0 Å². The van der Waals surface area contributed by atoms with Gasteiger partial charge in [-0.15, -0.1) is 0 Å². The molecule has 8 heteroatoms. The van der Waals surface area contributed by atoms with E-state index in [1.165, 1.54) is 22.5 Å². The lowest BCUT2D eigenvalue weighted by molar-refractivity contribution is 0.0689. The highest BCUT2D eigenvalue weighted by molar-refractivity contribution is 7.89. The lowest BCUT2D eigenvalue weighted by Crippen LogP contribution is -2.41. The van der Waals surface area contributed by atoms with Crippen LogP contribution in [0.2, 0.25) is 5.02 Å². The van der Waals surface area contributed by atoms with Crippen molar-refractivity contribution in [2.45, 2.75) is 43.7 Å². The molecule has 1 aliphatic heterocycles. The summed E-state index contributed by atoms with van der Waals surface area (Å²) in [6.45, 7) is 5.29. The van der Waals surface area contributed by atoms with Gasteiger partial charge in [0.2, 0.25) is 10.0 Å². The highest BCUT2D eigenvalue weighted by Gasteiger charge is 2.36. The Hall–Kier alpha value is -1.15. The van der Waals surface area contributed by atoms with Gasteiger partial charge in [0.25, 0.3) is 5.91 Å². The lowest BCUT2D eigenvalue weighted by Gasteiger charge is -2.28. The van der Waals surface area contributed by atoms with Gasteiger partial charge in [-0.05, 0) is 44.9 Å². The van der Waals surface area contributed by atoms with Gasteiger partial charge >= 0.3 is 0 Å². The van der Waals surface area contributed by atoms with Crippen LogP contribution in [0, 0.1) is 0 Å². The zero-order valence-electron chi connectivity index (χ0n) is 14.4. The molecule has 1 aromatic rings. The zero-order chi connectivity index (χ0) is 18.2. The van der Waals surface area contributed by atoms with E-state index in [2.05, 4.69) is 0 Å². The Morgan fingerprint density at radius 2 is 1.92 bits per heavy atom. The number of carbonyl (C=O) groups excluding carboxylic acids is 1.